The number of nitrogens with zero attached hydrogens (tertiary/aromatic N) is 2. The highest BCUT2D eigenvalue weighted by Gasteiger charge is 2.17. The van der Waals surface area contributed by atoms with E-state index in [0.29, 0.717) is 17.9 Å². The lowest BCUT2D eigenvalue weighted by molar-refractivity contribution is 0.0525. The van der Waals surface area contributed by atoms with Gasteiger partial charge in [-0.2, -0.15) is 5.10 Å². The summed E-state index contributed by atoms with van der Waals surface area (Å²) in [5.41, 5.74) is 3.92. The van der Waals surface area contributed by atoms with Crippen molar-refractivity contribution in [3.05, 3.63) is 46.8 Å². The summed E-state index contributed by atoms with van der Waals surface area (Å²) in [6, 6.07) is 6.39. The van der Waals surface area contributed by atoms with Crippen LogP contribution in [-0.4, -0.2) is 22.4 Å². The molecule has 4 nitrogen and oxygen atoms in total. The summed E-state index contributed by atoms with van der Waals surface area (Å²) in [6.07, 6.45) is 1.58. The predicted octanol–water partition coefficient (Wildman–Crippen LogP) is 3.51. The lowest BCUT2D eigenvalue weighted by Gasteiger charge is -2.09. The number of hydrogen-bond donors (Lipinski definition) is 0. The lowest BCUT2D eigenvalue weighted by atomic mass is 10.2. The van der Waals surface area contributed by atoms with E-state index in [2.05, 4.69) is 37.1 Å². The van der Waals surface area contributed by atoms with Gasteiger partial charge in [-0.1, -0.05) is 17.7 Å². The van der Waals surface area contributed by atoms with Gasteiger partial charge < -0.3 is 4.74 Å². The molecule has 1 heterocycles. The number of carbonyl (C=O) groups excluding carboxylic acids is 1. The van der Waals surface area contributed by atoms with Gasteiger partial charge in [0.05, 0.1) is 18.5 Å². The summed E-state index contributed by atoms with van der Waals surface area (Å²) in [7, 11) is 1.85. The van der Waals surface area contributed by atoms with Crippen LogP contribution in [0.25, 0.3) is 0 Å². The van der Waals surface area contributed by atoms with Crippen molar-refractivity contribution < 1.29 is 9.53 Å². The van der Waals surface area contributed by atoms with Crippen molar-refractivity contribution in [2.24, 2.45) is 7.05 Å². The Kier molecular flexibility index (Phi) is 5.07. The Hall–Kier alpha value is -1.75. The Morgan fingerprint density at radius 1 is 1.38 bits per heavy atom. The molecular formula is C16H20N2O2S. The molecule has 21 heavy (non-hydrogen) atoms. The molecule has 0 amide bonds. The molecule has 0 aliphatic heterocycles. The van der Waals surface area contributed by atoms with Gasteiger partial charge in [-0.3, -0.25) is 4.68 Å². The van der Waals surface area contributed by atoms with E-state index in [-0.39, 0.29) is 5.97 Å². The van der Waals surface area contributed by atoms with E-state index >= 15 is 0 Å². The summed E-state index contributed by atoms with van der Waals surface area (Å²) >= 11 is 1.71. The number of hydrogen-bond acceptors (Lipinski definition) is 4. The zero-order chi connectivity index (χ0) is 15.4. The van der Waals surface area contributed by atoms with Gasteiger partial charge in [0.2, 0.25) is 0 Å². The first-order chi connectivity index (χ1) is 10.0. The first kappa shape index (κ1) is 15.6. The Bertz CT molecular complexity index is 650. The van der Waals surface area contributed by atoms with Crippen molar-refractivity contribution in [1.29, 1.82) is 0 Å². The molecule has 0 N–H and O–H groups in total. The van der Waals surface area contributed by atoms with Gasteiger partial charge in [-0.05, 0) is 32.4 Å². The maximum atomic E-state index is 11.9. The largest absolute Gasteiger partial charge is 0.462 e. The molecule has 5 heteroatoms. The minimum absolute atomic E-state index is 0.304. The molecule has 0 saturated carbocycles. The molecule has 1 aromatic heterocycles. The van der Waals surface area contributed by atoms with Gasteiger partial charge in [-0.15, -0.1) is 11.8 Å². The van der Waals surface area contributed by atoms with Crippen LogP contribution in [0.3, 0.4) is 0 Å². The average molecular weight is 304 g/mol. The number of rotatable bonds is 5. The van der Waals surface area contributed by atoms with E-state index in [9.17, 15) is 4.79 Å². The molecule has 0 spiro atoms. The van der Waals surface area contributed by atoms with Crippen molar-refractivity contribution in [3.63, 3.8) is 0 Å². The van der Waals surface area contributed by atoms with Crippen molar-refractivity contribution in [1.82, 2.24) is 9.78 Å². The summed E-state index contributed by atoms with van der Waals surface area (Å²) in [5, 5.41) is 4.17. The van der Waals surface area contributed by atoms with E-state index in [0.717, 1.165) is 5.69 Å². The van der Waals surface area contributed by atoms with Crippen LogP contribution in [-0.2, 0) is 17.5 Å². The van der Waals surface area contributed by atoms with Crippen LogP contribution >= 0.6 is 11.8 Å². The third kappa shape index (κ3) is 3.67. The Morgan fingerprint density at radius 3 is 2.86 bits per heavy atom. The number of aryl methyl sites for hydroxylation is 3. The summed E-state index contributed by atoms with van der Waals surface area (Å²) in [5.74, 6) is 0.386. The Balaban J connectivity index is 2.18. The van der Waals surface area contributed by atoms with Crippen LogP contribution in [0.15, 0.2) is 29.3 Å². The molecule has 1 aromatic carbocycles. The fraction of sp³-hybridized carbons (Fsp3) is 0.375. The van der Waals surface area contributed by atoms with Gasteiger partial charge in [0.1, 0.15) is 5.56 Å². The molecule has 0 bridgehead atoms. The van der Waals surface area contributed by atoms with Crippen molar-refractivity contribution >= 4 is 17.7 Å². The normalized spacial score (nSPS) is 10.7. The average Bonchev–Trinajstić information content (AvgIpc) is 2.81. The van der Waals surface area contributed by atoms with Gasteiger partial charge in [0.15, 0.2) is 0 Å². The second-order valence-electron chi connectivity index (χ2n) is 4.91. The second kappa shape index (κ2) is 6.80. The standard InChI is InChI=1S/C16H20N2O2S/c1-5-20-16(19)13-9-17-18(4)14(13)10-21-15-8-11(2)6-7-12(15)3/h6-9H,5,10H2,1-4H3. The van der Waals surface area contributed by atoms with E-state index in [1.54, 1.807) is 29.6 Å². The molecule has 0 unspecified atom stereocenters. The summed E-state index contributed by atoms with van der Waals surface area (Å²) in [6.45, 7) is 6.35. The highest BCUT2D eigenvalue weighted by Crippen LogP contribution is 2.28. The molecule has 2 aromatic rings. The molecule has 0 saturated heterocycles. The predicted molar refractivity (Wildman–Crippen MR) is 84.6 cm³/mol. The number of carbonyl (C=O) groups is 1. The van der Waals surface area contributed by atoms with Crippen molar-refractivity contribution in [2.45, 2.75) is 31.4 Å². The number of thioether (sulfide) groups is 1. The lowest BCUT2D eigenvalue weighted by Crippen LogP contribution is -2.08. The quantitative estimate of drug-likeness (QED) is 0.626. The van der Waals surface area contributed by atoms with Gasteiger partial charge in [0, 0.05) is 17.7 Å². The maximum Gasteiger partial charge on any atom is 0.341 e. The molecule has 0 atom stereocenters. The zero-order valence-corrected chi connectivity index (χ0v) is 13.7. The first-order valence-electron chi connectivity index (χ1n) is 6.91. The van der Waals surface area contributed by atoms with Gasteiger partial charge in [-0.25, -0.2) is 4.79 Å². The number of ether oxygens (including phenoxy) is 1. The third-order valence-electron chi connectivity index (χ3n) is 3.26. The van der Waals surface area contributed by atoms with Crippen LogP contribution in [0.4, 0.5) is 0 Å². The minimum atomic E-state index is -0.304. The van der Waals surface area contributed by atoms with E-state index in [1.165, 1.54) is 16.0 Å². The maximum absolute atomic E-state index is 11.9. The Labute approximate surface area is 129 Å². The van der Waals surface area contributed by atoms with Crippen LogP contribution in [0, 0.1) is 13.8 Å². The molecule has 112 valence electrons. The van der Waals surface area contributed by atoms with E-state index in [1.807, 2.05) is 7.05 Å². The second-order valence-corrected chi connectivity index (χ2v) is 5.92. The number of benzene rings is 1. The summed E-state index contributed by atoms with van der Waals surface area (Å²) in [4.78, 5) is 13.2. The zero-order valence-electron chi connectivity index (χ0n) is 12.8. The highest BCUT2D eigenvalue weighted by atomic mass is 32.2. The fourth-order valence-electron chi connectivity index (χ4n) is 2.02. The highest BCUT2D eigenvalue weighted by molar-refractivity contribution is 7.98. The number of aromatic nitrogens is 2. The summed E-state index contributed by atoms with van der Waals surface area (Å²) < 4.78 is 6.82. The monoisotopic (exact) mass is 304 g/mol. The minimum Gasteiger partial charge on any atom is -0.462 e. The first-order valence-corrected chi connectivity index (χ1v) is 7.89. The van der Waals surface area contributed by atoms with E-state index in [4.69, 9.17) is 4.74 Å². The van der Waals surface area contributed by atoms with Crippen molar-refractivity contribution in [2.75, 3.05) is 6.61 Å². The van der Waals surface area contributed by atoms with Crippen molar-refractivity contribution in [3.8, 4) is 0 Å². The smallest absolute Gasteiger partial charge is 0.341 e. The molecule has 0 aliphatic carbocycles. The van der Waals surface area contributed by atoms with Crippen LogP contribution in [0.2, 0.25) is 0 Å². The molecular weight excluding hydrogens is 284 g/mol. The van der Waals surface area contributed by atoms with Gasteiger partial charge in [0.25, 0.3) is 0 Å². The number of esters is 1. The molecule has 0 radical (unpaired) electrons. The molecule has 0 fully saturated rings. The molecule has 2 rings (SSSR count). The SMILES string of the molecule is CCOC(=O)c1cnn(C)c1CSc1cc(C)ccc1C. The Morgan fingerprint density at radius 2 is 2.14 bits per heavy atom. The van der Waals surface area contributed by atoms with Crippen LogP contribution in [0.5, 0.6) is 0 Å². The van der Waals surface area contributed by atoms with Crippen LogP contribution < -0.4 is 0 Å². The fourth-order valence-corrected chi connectivity index (χ4v) is 3.22. The van der Waals surface area contributed by atoms with Gasteiger partial charge >= 0.3 is 5.97 Å². The topological polar surface area (TPSA) is 44.1 Å². The molecule has 0 aliphatic rings. The third-order valence-corrected chi connectivity index (χ3v) is 4.43. The van der Waals surface area contributed by atoms with Crippen LogP contribution in [0.1, 0.15) is 34.1 Å². The van der Waals surface area contributed by atoms with E-state index < -0.39 is 0 Å².